The molecular weight excluding hydrogens is 725 g/mol. The Morgan fingerprint density at radius 1 is 1.06 bits per heavy atom. The van der Waals surface area contributed by atoms with Crippen molar-refractivity contribution in [3.63, 3.8) is 0 Å². The number of urea groups is 1. The molecule has 0 aromatic heterocycles. The first-order chi connectivity index (χ1) is 24.5. The van der Waals surface area contributed by atoms with Crippen LogP contribution in [-0.4, -0.2) is 86.9 Å². The molecule has 1 heterocycles. The Hall–Kier alpha value is -4.05. The first-order valence-corrected chi connectivity index (χ1v) is 18.7. The molecule has 0 spiro atoms. The first kappa shape index (κ1) is 40.7. The van der Waals surface area contributed by atoms with Gasteiger partial charge in [0.05, 0.1) is 40.9 Å². The number of likely N-dealkylation sites (N-methyl/N-ethyl adjacent to an activating group) is 1. The average molecular weight is 769 g/mol. The Morgan fingerprint density at radius 2 is 1.71 bits per heavy atom. The minimum absolute atomic E-state index is 0.0263. The zero-order valence-electron chi connectivity index (χ0n) is 29.3. The average Bonchev–Trinajstić information content (AvgIpc) is 3.09. The highest BCUT2D eigenvalue weighted by molar-refractivity contribution is 7.92. The number of hydrogen-bond acceptors (Lipinski definition) is 7. The molecule has 3 N–H and O–H groups in total. The third kappa shape index (κ3) is 11.0. The molecule has 16 heteroatoms. The molecule has 3 aromatic rings. The van der Waals surface area contributed by atoms with Crippen LogP contribution in [0.2, 0.25) is 5.02 Å². The number of benzene rings is 3. The number of carbonyl (C=O) groups is 2. The van der Waals surface area contributed by atoms with Crippen molar-refractivity contribution in [3.05, 3.63) is 82.9 Å². The van der Waals surface area contributed by atoms with E-state index in [1.165, 1.54) is 71.4 Å². The number of anilines is 2. The van der Waals surface area contributed by atoms with Gasteiger partial charge in [-0.1, -0.05) is 18.5 Å². The summed E-state index contributed by atoms with van der Waals surface area (Å²) in [6.07, 6.45) is -3.39. The summed E-state index contributed by atoms with van der Waals surface area (Å²) in [5.74, 6) is -0.663. The zero-order chi connectivity index (χ0) is 38.2. The van der Waals surface area contributed by atoms with E-state index in [0.717, 1.165) is 18.6 Å². The molecule has 1 aliphatic heterocycles. The number of sulfonamides is 1. The number of alkyl halides is 3. The number of ether oxygens (including phenoxy) is 2. The summed E-state index contributed by atoms with van der Waals surface area (Å²) in [6.45, 7) is 5.51. The predicted octanol–water partition coefficient (Wildman–Crippen LogP) is 7.12. The molecule has 0 fully saturated rings. The highest BCUT2D eigenvalue weighted by Crippen LogP contribution is 2.31. The molecule has 0 radical (unpaired) electrons. The van der Waals surface area contributed by atoms with Crippen LogP contribution < -0.4 is 14.8 Å². The standard InChI is InChI=1S/C36H44ClF3N4O7S/c1-23-20-44(24(2)22-45)34(46)31-19-29(42-52(48,49)30-15-10-27(37)11-16-30)14-17-32(31)51-25(3)7-5-6-18-50-33(23)21-43(4)35(47)41-28-12-8-26(9-13-28)36(38,39)40/h8-17,19,23-25,33,42,45H,5-7,18,20-22H2,1-4H3,(H,41,47)/t23-,24+,25-,33-/m0/s1. The van der Waals surface area contributed by atoms with Gasteiger partial charge in [-0.05, 0) is 99.8 Å². The van der Waals surface area contributed by atoms with Crippen LogP contribution in [0.1, 0.15) is 56.0 Å². The molecule has 0 saturated carbocycles. The van der Waals surface area contributed by atoms with Gasteiger partial charge in [0.2, 0.25) is 0 Å². The van der Waals surface area contributed by atoms with Crippen molar-refractivity contribution in [2.24, 2.45) is 5.92 Å². The number of nitrogens with one attached hydrogen (secondary N) is 2. The second-order valence-electron chi connectivity index (χ2n) is 13.0. The number of nitrogens with zero attached hydrogens (tertiary/aromatic N) is 2. The molecule has 0 unspecified atom stereocenters. The van der Waals surface area contributed by atoms with E-state index >= 15 is 0 Å². The predicted molar refractivity (Wildman–Crippen MR) is 192 cm³/mol. The summed E-state index contributed by atoms with van der Waals surface area (Å²) >= 11 is 5.93. The van der Waals surface area contributed by atoms with Gasteiger partial charge in [-0.15, -0.1) is 0 Å². The van der Waals surface area contributed by atoms with Gasteiger partial charge in [0.25, 0.3) is 15.9 Å². The first-order valence-electron chi connectivity index (χ1n) is 16.8. The maximum atomic E-state index is 14.4. The van der Waals surface area contributed by atoms with Gasteiger partial charge < -0.3 is 29.7 Å². The van der Waals surface area contributed by atoms with Crippen LogP contribution in [0.15, 0.2) is 71.6 Å². The molecule has 52 heavy (non-hydrogen) atoms. The zero-order valence-corrected chi connectivity index (χ0v) is 30.9. The molecule has 1 aliphatic rings. The number of amides is 3. The SMILES string of the molecule is C[C@H](CO)N1C[C@H](C)[C@H](CN(C)C(=O)Nc2ccc(C(F)(F)F)cc2)OCCCC[C@H](C)Oc2ccc(NS(=O)(=O)c3ccc(Cl)cc3)cc2C1=O. The number of carbonyl (C=O) groups excluding carboxylic acids is 2. The number of fused-ring (bicyclic) bond motifs is 1. The summed E-state index contributed by atoms with van der Waals surface area (Å²) < 4.78 is 80.3. The van der Waals surface area contributed by atoms with Crippen molar-refractivity contribution in [1.29, 1.82) is 0 Å². The third-order valence-corrected chi connectivity index (χ3v) is 10.3. The smallest absolute Gasteiger partial charge is 0.416 e. The molecule has 0 saturated heterocycles. The van der Waals surface area contributed by atoms with Gasteiger partial charge in [-0.3, -0.25) is 9.52 Å². The lowest BCUT2D eigenvalue weighted by Gasteiger charge is -2.35. The van der Waals surface area contributed by atoms with E-state index in [2.05, 4.69) is 10.0 Å². The summed E-state index contributed by atoms with van der Waals surface area (Å²) in [5, 5.41) is 13.2. The van der Waals surface area contributed by atoms with E-state index in [4.69, 9.17) is 21.1 Å². The molecule has 11 nitrogen and oxygen atoms in total. The van der Waals surface area contributed by atoms with Gasteiger partial charge in [0.15, 0.2) is 0 Å². The second kappa shape index (κ2) is 17.6. The van der Waals surface area contributed by atoms with Crippen molar-refractivity contribution in [3.8, 4) is 5.75 Å². The molecule has 0 aliphatic carbocycles. The maximum Gasteiger partial charge on any atom is 0.416 e. The lowest BCUT2D eigenvalue weighted by Crippen LogP contribution is -2.48. The molecule has 4 rings (SSSR count). The minimum Gasteiger partial charge on any atom is -0.490 e. The number of aliphatic hydroxyl groups is 1. The lowest BCUT2D eigenvalue weighted by atomic mass is 10.0. The van der Waals surface area contributed by atoms with Gasteiger partial charge in [0, 0.05) is 49.1 Å². The van der Waals surface area contributed by atoms with E-state index in [1.807, 2.05) is 13.8 Å². The molecule has 0 bridgehead atoms. The second-order valence-corrected chi connectivity index (χ2v) is 15.1. The van der Waals surface area contributed by atoms with Crippen LogP contribution in [0, 0.1) is 5.92 Å². The van der Waals surface area contributed by atoms with Crippen LogP contribution in [0.25, 0.3) is 0 Å². The van der Waals surface area contributed by atoms with Gasteiger partial charge >= 0.3 is 12.2 Å². The monoisotopic (exact) mass is 768 g/mol. The maximum absolute atomic E-state index is 14.4. The van der Waals surface area contributed by atoms with Crippen molar-refractivity contribution < 1.29 is 45.8 Å². The van der Waals surface area contributed by atoms with Gasteiger partial charge in [-0.2, -0.15) is 13.2 Å². The van der Waals surface area contributed by atoms with Crippen molar-refractivity contribution in [2.45, 2.75) is 69.4 Å². The fourth-order valence-corrected chi connectivity index (χ4v) is 6.77. The molecule has 4 atom stereocenters. The highest BCUT2D eigenvalue weighted by Gasteiger charge is 2.32. The molecule has 3 aromatic carbocycles. The van der Waals surface area contributed by atoms with Crippen molar-refractivity contribution in [2.75, 3.05) is 43.4 Å². The molecule has 3 amide bonds. The highest BCUT2D eigenvalue weighted by atomic mass is 35.5. The largest absolute Gasteiger partial charge is 0.490 e. The summed E-state index contributed by atoms with van der Waals surface area (Å²) in [4.78, 5) is 30.2. The Morgan fingerprint density at radius 3 is 2.35 bits per heavy atom. The Bertz CT molecular complexity index is 1780. The van der Waals surface area contributed by atoms with E-state index in [9.17, 15) is 36.3 Å². The van der Waals surface area contributed by atoms with E-state index < -0.39 is 51.8 Å². The van der Waals surface area contributed by atoms with Crippen molar-refractivity contribution >= 4 is 44.9 Å². The normalized spacial score (nSPS) is 19.8. The van der Waals surface area contributed by atoms with Crippen LogP contribution in [0.4, 0.5) is 29.3 Å². The van der Waals surface area contributed by atoms with E-state index in [1.54, 1.807) is 6.92 Å². The fourth-order valence-electron chi connectivity index (χ4n) is 5.59. The number of aliphatic hydroxyl groups excluding tert-OH is 1. The van der Waals surface area contributed by atoms with Crippen LogP contribution in [0.5, 0.6) is 5.75 Å². The van der Waals surface area contributed by atoms with Gasteiger partial charge in [0.1, 0.15) is 5.75 Å². The van der Waals surface area contributed by atoms with Crippen LogP contribution in [0.3, 0.4) is 0 Å². The minimum atomic E-state index is -4.51. The van der Waals surface area contributed by atoms with E-state index in [0.29, 0.717) is 24.5 Å². The van der Waals surface area contributed by atoms with Gasteiger partial charge in [-0.25, -0.2) is 13.2 Å². The Labute approximate surface area is 307 Å². The van der Waals surface area contributed by atoms with Crippen LogP contribution >= 0.6 is 11.6 Å². The summed E-state index contributed by atoms with van der Waals surface area (Å²) in [7, 11) is -2.51. The quantitative estimate of drug-likeness (QED) is 0.222. The number of hydrogen-bond donors (Lipinski definition) is 3. The van der Waals surface area contributed by atoms with E-state index in [-0.39, 0.29) is 53.4 Å². The molecule has 284 valence electrons. The fraction of sp³-hybridized carbons (Fsp3) is 0.444. The number of rotatable bonds is 8. The van der Waals surface area contributed by atoms with Crippen LogP contribution in [-0.2, 0) is 20.9 Å². The third-order valence-electron chi connectivity index (χ3n) is 8.69. The van der Waals surface area contributed by atoms with Crippen molar-refractivity contribution in [1.82, 2.24) is 9.80 Å². The number of halogens is 4. The Kier molecular flexibility index (Phi) is 13.8. The topological polar surface area (TPSA) is 138 Å². The summed E-state index contributed by atoms with van der Waals surface area (Å²) in [6, 6.07) is 12.9. The Balaban J connectivity index is 1.59. The summed E-state index contributed by atoms with van der Waals surface area (Å²) in [5.41, 5.74) is -0.455. The molecular formula is C36H44ClF3N4O7S. The lowest BCUT2D eigenvalue weighted by molar-refractivity contribution is -0.137.